The molecule has 0 aromatic heterocycles. The first-order valence-electron chi connectivity index (χ1n) is 8.17. The number of anilines is 1. The fourth-order valence-electron chi connectivity index (χ4n) is 2.93. The van der Waals surface area contributed by atoms with Crippen molar-refractivity contribution >= 4 is 11.4 Å². The lowest BCUT2D eigenvalue weighted by Crippen LogP contribution is -2.15. The van der Waals surface area contributed by atoms with Crippen LogP contribution in [0, 0.1) is 6.92 Å². The van der Waals surface area contributed by atoms with E-state index >= 15 is 0 Å². The van der Waals surface area contributed by atoms with E-state index in [0.29, 0.717) is 0 Å². The van der Waals surface area contributed by atoms with Crippen molar-refractivity contribution in [1.29, 1.82) is 0 Å². The maximum atomic E-state index is 6.13. The Balaban J connectivity index is 1.72. The molecule has 1 aliphatic heterocycles. The van der Waals surface area contributed by atoms with Gasteiger partial charge in [-0.25, -0.2) is 0 Å². The van der Waals surface area contributed by atoms with Gasteiger partial charge in [0, 0.05) is 16.8 Å². The zero-order valence-electron chi connectivity index (χ0n) is 13.6. The summed E-state index contributed by atoms with van der Waals surface area (Å²) in [5.41, 5.74) is 4.60. The molecular weight excluding hydrogens is 294 g/mol. The average Bonchev–Trinajstić information content (AvgIpc) is 2.64. The second-order valence-corrected chi connectivity index (χ2v) is 6.02. The van der Waals surface area contributed by atoms with E-state index in [9.17, 15) is 0 Å². The molecule has 0 spiro atoms. The summed E-state index contributed by atoms with van der Waals surface area (Å²) in [6, 6.07) is 27.0. The van der Waals surface area contributed by atoms with E-state index < -0.39 is 0 Å². The Hall–Kier alpha value is -3.00. The third-order valence-electron chi connectivity index (χ3n) is 4.22. The molecule has 0 fully saturated rings. The molecule has 2 heteroatoms. The maximum Gasteiger partial charge on any atom is 0.133 e. The Morgan fingerprint density at radius 2 is 1.50 bits per heavy atom. The van der Waals surface area contributed by atoms with Crippen LogP contribution in [0.1, 0.15) is 22.7 Å². The van der Waals surface area contributed by atoms with E-state index in [1.807, 2.05) is 36.4 Å². The normalized spacial score (nSPS) is 15.9. The Morgan fingerprint density at radius 1 is 0.792 bits per heavy atom. The summed E-state index contributed by atoms with van der Waals surface area (Å²) in [7, 11) is 0. The van der Waals surface area contributed by atoms with E-state index in [4.69, 9.17) is 4.74 Å². The zero-order chi connectivity index (χ0) is 16.4. The number of ether oxygens (including phenoxy) is 1. The molecule has 1 N–H and O–H groups in total. The zero-order valence-corrected chi connectivity index (χ0v) is 13.6. The monoisotopic (exact) mass is 313 g/mol. The van der Waals surface area contributed by atoms with Crippen molar-refractivity contribution in [3.8, 4) is 5.75 Å². The highest BCUT2D eigenvalue weighted by atomic mass is 16.5. The number of rotatable bonds is 3. The summed E-state index contributed by atoms with van der Waals surface area (Å²) in [6.45, 7) is 2.10. The van der Waals surface area contributed by atoms with Crippen molar-refractivity contribution in [1.82, 2.24) is 0 Å². The molecule has 0 bridgehead atoms. The van der Waals surface area contributed by atoms with Gasteiger partial charge >= 0.3 is 0 Å². The second kappa shape index (κ2) is 6.25. The van der Waals surface area contributed by atoms with E-state index in [0.717, 1.165) is 28.3 Å². The molecule has 1 unspecified atom stereocenters. The van der Waals surface area contributed by atoms with Gasteiger partial charge in [-0.1, -0.05) is 66.2 Å². The van der Waals surface area contributed by atoms with Gasteiger partial charge in [0.2, 0.25) is 0 Å². The third-order valence-corrected chi connectivity index (χ3v) is 4.22. The molecule has 2 nitrogen and oxygen atoms in total. The van der Waals surface area contributed by atoms with Crippen LogP contribution in [0.2, 0.25) is 0 Å². The summed E-state index contributed by atoms with van der Waals surface area (Å²) in [4.78, 5) is 0. The number of nitrogens with one attached hydrogen (secondary N) is 1. The third kappa shape index (κ3) is 2.91. The lowest BCUT2D eigenvalue weighted by molar-refractivity contribution is 0.491. The van der Waals surface area contributed by atoms with Crippen molar-refractivity contribution < 1.29 is 4.74 Å². The molecule has 0 radical (unpaired) electrons. The fourth-order valence-corrected chi connectivity index (χ4v) is 2.93. The first-order valence-corrected chi connectivity index (χ1v) is 8.17. The van der Waals surface area contributed by atoms with Gasteiger partial charge in [0.1, 0.15) is 11.5 Å². The Bertz CT molecular complexity index is 866. The molecule has 4 rings (SSSR count). The first-order chi connectivity index (χ1) is 11.8. The summed E-state index contributed by atoms with van der Waals surface area (Å²) in [5, 5.41) is 3.61. The number of hydrogen-bond acceptors (Lipinski definition) is 2. The topological polar surface area (TPSA) is 21.3 Å². The Labute approximate surface area is 142 Å². The largest absolute Gasteiger partial charge is 0.457 e. The molecule has 118 valence electrons. The summed E-state index contributed by atoms with van der Waals surface area (Å²) in [6.07, 6.45) is 2.15. The molecule has 0 amide bonds. The van der Waals surface area contributed by atoms with Crippen molar-refractivity contribution in [2.75, 3.05) is 5.32 Å². The standard InChI is InChI=1S/C22H19NO/c1-16-11-13-18(14-12-16)23-20-15-22(17-7-3-2-4-8-17)24-21-10-6-5-9-19(20)21/h2-15,20,23H,1H3. The van der Waals surface area contributed by atoms with Crippen LogP contribution in [0.3, 0.4) is 0 Å². The molecule has 0 aliphatic carbocycles. The number of benzene rings is 3. The number of hydrogen-bond donors (Lipinski definition) is 1. The van der Waals surface area contributed by atoms with E-state index in [1.165, 1.54) is 5.56 Å². The van der Waals surface area contributed by atoms with Crippen LogP contribution in [0.5, 0.6) is 5.75 Å². The van der Waals surface area contributed by atoms with Crippen LogP contribution in [0.25, 0.3) is 5.76 Å². The average molecular weight is 313 g/mol. The van der Waals surface area contributed by atoms with Crippen molar-refractivity contribution in [2.45, 2.75) is 13.0 Å². The summed E-state index contributed by atoms with van der Waals surface area (Å²) < 4.78 is 6.13. The van der Waals surface area contributed by atoms with Crippen molar-refractivity contribution in [2.24, 2.45) is 0 Å². The van der Waals surface area contributed by atoms with Crippen LogP contribution in [-0.2, 0) is 0 Å². The van der Waals surface area contributed by atoms with Crippen molar-refractivity contribution in [3.05, 3.63) is 102 Å². The van der Waals surface area contributed by atoms with Gasteiger partial charge in [-0.3, -0.25) is 0 Å². The van der Waals surface area contributed by atoms with Gasteiger partial charge < -0.3 is 10.1 Å². The lowest BCUT2D eigenvalue weighted by atomic mass is 10.00. The molecule has 3 aromatic rings. The Morgan fingerprint density at radius 3 is 2.29 bits per heavy atom. The highest BCUT2D eigenvalue weighted by Crippen LogP contribution is 2.37. The van der Waals surface area contributed by atoms with E-state index in [-0.39, 0.29) is 6.04 Å². The van der Waals surface area contributed by atoms with E-state index in [1.54, 1.807) is 0 Å². The van der Waals surface area contributed by atoms with Crippen molar-refractivity contribution in [3.63, 3.8) is 0 Å². The van der Waals surface area contributed by atoms with Gasteiger partial charge in [0.25, 0.3) is 0 Å². The minimum absolute atomic E-state index is 0.0767. The van der Waals surface area contributed by atoms with Crippen LogP contribution in [0.4, 0.5) is 5.69 Å². The van der Waals surface area contributed by atoms with E-state index in [2.05, 4.69) is 60.8 Å². The molecule has 0 saturated heterocycles. The molecule has 1 aliphatic rings. The fraction of sp³-hybridized carbons (Fsp3) is 0.0909. The first kappa shape index (κ1) is 14.6. The smallest absolute Gasteiger partial charge is 0.133 e. The van der Waals surface area contributed by atoms with Crippen LogP contribution >= 0.6 is 0 Å². The minimum Gasteiger partial charge on any atom is -0.457 e. The van der Waals surface area contributed by atoms with Gasteiger partial charge in [0.15, 0.2) is 0 Å². The number of fused-ring (bicyclic) bond motifs is 1. The van der Waals surface area contributed by atoms with Crippen LogP contribution in [0.15, 0.2) is 84.9 Å². The molecular formula is C22H19NO. The number of para-hydroxylation sites is 1. The quantitative estimate of drug-likeness (QED) is 0.681. The molecule has 1 atom stereocenters. The minimum atomic E-state index is 0.0767. The van der Waals surface area contributed by atoms with Gasteiger partial charge in [-0.15, -0.1) is 0 Å². The predicted molar refractivity (Wildman–Crippen MR) is 99.0 cm³/mol. The second-order valence-electron chi connectivity index (χ2n) is 6.02. The van der Waals surface area contributed by atoms with Crippen LogP contribution < -0.4 is 10.1 Å². The summed E-state index contributed by atoms with van der Waals surface area (Å²) in [5.74, 6) is 1.79. The highest BCUT2D eigenvalue weighted by molar-refractivity contribution is 5.68. The predicted octanol–water partition coefficient (Wildman–Crippen LogP) is 5.58. The highest BCUT2D eigenvalue weighted by Gasteiger charge is 2.22. The van der Waals surface area contributed by atoms with Gasteiger partial charge in [0.05, 0.1) is 6.04 Å². The van der Waals surface area contributed by atoms with Gasteiger partial charge in [-0.2, -0.15) is 0 Å². The van der Waals surface area contributed by atoms with Crippen LogP contribution in [-0.4, -0.2) is 0 Å². The molecule has 3 aromatic carbocycles. The molecule has 1 heterocycles. The Kier molecular flexibility index (Phi) is 3.80. The molecule has 0 saturated carbocycles. The SMILES string of the molecule is Cc1ccc(NC2C=C(c3ccccc3)Oc3ccccc32)cc1. The van der Waals surface area contributed by atoms with Gasteiger partial charge in [-0.05, 0) is 31.2 Å². The molecule has 24 heavy (non-hydrogen) atoms. The lowest BCUT2D eigenvalue weighted by Gasteiger charge is -2.26. The maximum absolute atomic E-state index is 6.13. The number of aryl methyl sites for hydroxylation is 1. The summed E-state index contributed by atoms with van der Waals surface area (Å²) >= 11 is 0.